The summed E-state index contributed by atoms with van der Waals surface area (Å²) in [7, 11) is 0. The van der Waals surface area contributed by atoms with Gasteiger partial charge in [0.2, 0.25) is 11.4 Å². The van der Waals surface area contributed by atoms with Gasteiger partial charge in [0.1, 0.15) is 6.61 Å². The Kier molecular flexibility index (Phi) is 2.50. The Balaban J connectivity index is 4.40. The summed E-state index contributed by atoms with van der Waals surface area (Å²) in [6, 6.07) is 0. The summed E-state index contributed by atoms with van der Waals surface area (Å²) in [4.78, 5) is 20.4. The van der Waals surface area contributed by atoms with Crippen LogP contribution in [-0.4, -0.2) is 39.3 Å². The zero-order valence-electron chi connectivity index (χ0n) is 5.37. The zero-order chi connectivity index (χ0) is 8.36. The van der Waals surface area contributed by atoms with Crippen molar-refractivity contribution in [3.63, 3.8) is 0 Å². The van der Waals surface area contributed by atoms with Gasteiger partial charge in [0.05, 0.1) is 0 Å². The standard InChI is InChI=1S/C5H8O5/c1-5(10,4(8)9)3(7)2-6/h6,10H,2H2,1H3,(H,8,9). The number of rotatable bonds is 3. The van der Waals surface area contributed by atoms with Gasteiger partial charge in [-0.1, -0.05) is 0 Å². The van der Waals surface area contributed by atoms with Crippen molar-refractivity contribution in [2.24, 2.45) is 0 Å². The third-order valence-electron chi connectivity index (χ3n) is 1.10. The minimum atomic E-state index is -2.46. The third kappa shape index (κ3) is 1.52. The molecule has 0 aromatic rings. The smallest absolute Gasteiger partial charge is 0.343 e. The lowest BCUT2D eigenvalue weighted by Crippen LogP contribution is -2.45. The van der Waals surface area contributed by atoms with Crippen LogP contribution in [0.25, 0.3) is 0 Å². The van der Waals surface area contributed by atoms with Crippen LogP contribution < -0.4 is 0 Å². The minimum absolute atomic E-state index is 0.813. The quantitative estimate of drug-likeness (QED) is 0.418. The van der Waals surface area contributed by atoms with Crippen molar-refractivity contribution in [2.45, 2.75) is 12.5 Å². The maximum absolute atomic E-state index is 10.4. The van der Waals surface area contributed by atoms with E-state index in [9.17, 15) is 9.59 Å². The van der Waals surface area contributed by atoms with Gasteiger partial charge in [-0.3, -0.25) is 4.79 Å². The van der Waals surface area contributed by atoms with Gasteiger partial charge in [0, 0.05) is 0 Å². The summed E-state index contributed by atoms with van der Waals surface area (Å²) in [5, 5.41) is 25.1. The lowest BCUT2D eigenvalue weighted by molar-refractivity contribution is -0.164. The van der Waals surface area contributed by atoms with Gasteiger partial charge < -0.3 is 15.3 Å². The molecule has 0 heterocycles. The number of carbonyl (C=O) groups excluding carboxylic acids is 1. The number of hydrogen-bond donors (Lipinski definition) is 3. The van der Waals surface area contributed by atoms with E-state index in [1.807, 2.05) is 0 Å². The van der Waals surface area contributed by atoms with E-state index in [1.54, 1.807) is 0 Å². The molecule has 58 valence electrons. The number of aliphatic hydroxyl groups is 2. The van der Waals surface area contributed by atoms with Crippen molar-refractivity contribution in [3.05, 3.63) is 0 Å². The fourth-order valence-electron chi connectivity index (χ4n) is 0.273. The number of hydrogen-bond acceptors (Lipinski definition) is 4. The Morgan fingerprint density at radius 3 is 2.00 bits per heavy atom. The molecule has 0 aromatic carbocycles. The van der Waals surface area contributed by atoms with Crippen LogP contribution in [0.2, 0.25) is 0 Å². The molecule has 0 aromatic heterocycles. The fourth-order valence-corrected chi connectivity index (χ4v) is 0.273. The lowest BCUT2D eigenvalue weighted by Gasteiger charge is -2.13. The molecule has 5 nitrogen and oxygen atoms in total. The highest BCUT2D eigenvalue weighted by atomic mass is 16.4. The normalized spacial score (nSPS) is 15.9. The largest absolute Gasteiger partial charge is 0.479 e. The van der Waals surface area contributed by atoms with Crippen molar-refractivity contribution in [1.29, 1.82) is 0 Å². The highest BCUT2D eigenvalue weighted by Crippen LogP contribution is 2.03. The highest BCUT2D eigenvalue weighted by molar-refractivity contribution is 6.06. The Morgan fingerprint density at radius 1 is 1.50 bits per heavy atom. The van der Waals surface area contributed by atoms with Crippen LogP contribution in [-0.2, 0) is 9.59 Å². The molecule has 1 unspecified atom stereocenters. The second-order valence-electron chi connectivity index (χ2n) is 1.96. The molecule has 0 bridgehead atoms. The molecule has 3 N–H and O–H groups in total. The summed E-state index contributed by atoms with van der Waals surface area (Å²) in [5.74, 6) is -2.79. The molecule has 0 radical (unpaired) electrons. The van der Waals surface area contributed by atoms with Crippen molar-refractivity contribution >= 4 is 11.8 Å². The Bertz CT molecular complexity index is 159. The molecule has 0 aliphatic rings. The third-order valence-corrected chi connectivity index (χ3v) is 1.10. The number of aliphatic hydroxyl groups excluding tert-OH is 1. The Labute approximate surface area is 56.9 Å². The van der Waals surface area contributed by atoms with Gasteiger partial charge in [0.15, 0.2) is 0 Å². The predicted molar refractivity (Wildman–Crippen MR) is 30.4 cm³/mol. The summed E-state index contributed by atoms with van der Waals surface area (Å²) in [6.07, 6.45) is 0. The molecule has 0 aliphatic heterocycles. The number of carbonyl (C=O) groups is 2. The number of aliphatic carboxylic acids is 1. The molecule has 0 amide bonds. The number of Topliss-reactive ketones (excluding diaryl/α,β-unsaturated/α-hetero) is 1. The molecule has 5 heteroatoms. The molecule has 0 fully saturated rings. The van der Waals surface area contributed by atoms with Crippen molar-refractivity contribution in [3.8, 4) is 0 Å². The minimum Gasteiger partial charge on any atom is -0.479 e. The van der Waals surface area contributed by atoms with E-state index < -0.39 is 24.0 Å². The molecule has 0 saturated heterocycles. The summed E-state index contributed by atoms with van der Waals surface area (Å²) >= 11 is 0. The molecule has 0 spiro atoms. The number of carboxylic acid groups (broad SMARTS) is 1. The van der Waals surface area contributed by atoms with Crippen LogP contribution in [0.15, 0.2) is 0 Å². The van der Waals surface area contributed by atoms with Gasteiger partial charge >= 0.3 is 5.97 Å². The van der Waals surface area contributed by atoms with E-state index in [0.29, 0.717) is 0 Å². The molecule has 0 saturated carbocycles. The maximum atomic E-state index is 10.4. The molecule has 0 rings (SSSR count). The Hall–Kier alpha value is -0.940. The van der Waals surface area contributed by atoms with Gasteiger partial charge in [-0.05, 0) is 6.92 Å². The molecular formula is C5H8O5. The topological polar surface area (TPSA) is 94.8 Å². The van der Waals surface area contributed by atoms with E-state index in [0.717, 1.165) is 6.92 Å². The molecule has 1 atom stereocenters. The Morgan fingerprint density at radius 2 is 1.90 bits per heavy atom. The highest BCUT2D eigenvalue weighted by Gasteiger charge is 2.37. The van der Waals surface area contributed by atoms with Crippen molar-refractivity contribution in [1.82, 2.24) is 0 Å². The van der Waals surface area contributed by atoms with E-state index >= 15 is 0 Å². The van der Waals surface area contributed by atoms with Gasteiger partial charge in [0.25, 0.3) is 0 Å². The zero-order valence-corrected chi connectivity index (χ0v) is 5.37. The van der Waals surface area contributed by atoms with E-state index in [-0.39, 0.29) is 0 Å². The van der Waals surface area contributed by atoms with Gasteiger partial charge in [-0.2, -0.15) is 0 Å². The van der Waals surface area contributed by atoms with Gasteiger partial charge in [-0.15, -0.1) is 0 Å². The second kappa shape index (κ2) is 2.76. The fraction of sp³-hybridized carbons (Fsp3) is 0.600. The average molecular weight is 148 g/mol. The summed E-state index contributed by atoms with van der Waals surface area (Å²) in [6.45, 7) is -0.160. The van der Waals surface area contributed by atoms with Crippen LogP contribution >= 0.6 is 0 Å². The first kappa shape index (κ1) is 9.06. The number of carboxylic acids is 1. The first-order valence-corrected chi connectivity index (χ1v) is 2.53. The van der Waals surface area contributed by atoms with Crippen LogP contribution in [0.4, 0.5) is 0 Å². The van der Waals surface area contributed by atoms with Crippen LogP contribution in [0, 0.1) is 0 Å². The van der Waals surface area contributed by atoms with E-state index in [1.165, 1.54) is 0 Å². The molecular weight excluding hydrogens is 140 g/mol. The average Bonchev–Trinajstić information content (AvgIpc) is 1.86. The van der Waals surface area contributed by atoms with Crippen LogP contribution in [0.1, 0.15) is 6.92 Å². The molecule has 0 aliphatic carbocycles. The first-order chi connectivity index (χ1) is 4.42. The van der Waals surface area contributed by atoms with E-state index in [2.05, 4.69) is 0 Å². The molecule has 10 heavy (non-hydrogen) atoms. The summed E-state index contributed by atoms with van der Waals surface area (Å²) in [5.41, 5.74) is -2.46. The monoisotopic (exact) mass is 148 g/mol. The van der Waals surface area contributed by atoms with E-state index in [4.69, 9.17) is 15.3 Å². The van der Waals surface area contributed by atoms with Crippen molar-refractivity contribution < 1.29 is 24.9 Å². The summed E-state index contributed by atoms with van der Waals surface area (Å²) < 4.78 is 0. The lowest BCUT2D eigenvalue weighted by atomic mass is 10.0. The predicted octanol–water partition coefficient (Wildman–Crippen LogP) is -1.62. The van der Waals surface area contributed by atoms with Crippen LogP contribution in [0.5, 0.6) is 0 Å². The number of ketones is 1. The maximum Gasteiger partial charge on any atom is 0.343 e. The van der Waals surface area contributed by atoms with Crippen LogP contribution in [0.3, 0.4) is 0 Å². The SMILES string of the molecule is CC(O)(C(=O)O)C(=O)CO. The van der Waals surface area contributed by atoms with Gasteiger partial charge in [-0.25, -0.2) is 4.79 Å². The second-order valence-corrected chi connectivity index (χ2v) is 1.96. The first-order valence-electron chi connectivity index (χ1n) is 2.53. The van der Waals surface area contributed by atoms with Crippen molar-refractivity contribution in [2.75, 3.05) is 6.61 Å².